The SMILES string of the molecule is CS(=O)(=O)Nc1cc(C(=O)O)cc(C(=O)O)c1. The maximum absolute atomic E-state index is 11.0. The second-order valence-electron chi connectivity index (χ2n) is 3.28. The van der Waals surface area contributed by atoms with Crippen LogP contribution in [0.5, 0.6) is 0 Å². The normalized spacial score (nSPS) is 10.9. The monoisotopic (exact) mass is 259 g/mol. The molecule has 17 heavy (non-hydrogen) atoms. The van der Waals surface area contributed by atoms with Crippen molar-refractivity contribution in [1.82, 2.24) is 0 Å². The number of rotatable bonds is 4. The molecule has 92 valence electrons. The highest BCUT2D eigenvalue weighted by atomic mass is 32.2. The Hall–Kier alpha value is -2.09. The number of hydrogen-bond donors (Lipinski definition) is 3. The van der Waals surface area contributed by atoms with Crippen molar-refractivity contribution in [3.8, 4) is 0 Å². The summed E-state index contributed by atoms with van der Waals surface area (Å²) in [6.45, 7) is 0. The van der Waals surface area contributed by atoms with Crippen molar-refractivity contribution < 1.29 is 28.2 Å². The van der Waals surface area contributed by atoms with E-state index in [-0.39, 0.29) is 16.8 Å². The maximum Gasteiger partial charge on any atom is 0.335 e. The van der Waals surface area contributed by atoms with Crippen molar-refractivity contribution in [3.63, 3.8) is 0 Å². The van der Waals surface area contributed by atoms with Gasteiger partial charge in [0.25, 0.3) is 0 Å². The highest BCUT2D eigenvalue weighted by molar-refractivity contribution is 7.92. The zero-order chi connectivity index (χ0) is 13.2. The Morgan fingerprint density at radius 1 is 1.06 bits per heavy atom. The van der Waals surface area contributed by atoms with E-state index in [1.807, 2.05) is 4.72 Å². The molecule has 0 aromatic heterocycles. The predicted octanol–water partition coefficient (Wildman–Crippen LogP) is 0.454. The number of sulfonamides is 1. The molecule has 0 amide bonds. The molecular weight excluding hydrogens is 250 g/mol. The van der Waals surface area contributed by atoms with E-state index in [1.165, 1.54) is 0 Å². The third kappa shape index (κ3) is 3.76. The summed E-state index contributed by atoms with van der Waals surface area (Å²) in [5.74, 6) is -2.69. The van der Waals surface area contributed by atoms with Gasteiger partial charge in [0.1, 0.15) is 0 Å². The van der Waals surface area contributed by atoms with Crippen LogP contribution < -0.4 is 4.72 Å². The summed E-state index contributed by atoms with van der Waals surface area (Å²) in [6, 6.07) is 3.02. The van der Waals surface area contributed by atoms with E-state index in [0.717, 1.165) is 24.5 Å². The third-order valence-electron chi connectivity index (χ3n) is 1.73. The van der Waals surface area contributed by atoms with Gasteiger partial charge in [0.15, 0.2) is 0 Å². The second-order valence-corrected chi connectivity index (χ2v) is 5.03. The highest BCUT2D eigenvalue weighted by Gasteiger charge is 2.13. The molecule has 0 unspecified atom stereocenters. The zero-order valence-corrected chi connectivity index (χ0v) is 9.48. The number of carboxylic acid groups (broad SMARTS) is 2. The summed E-state index contributed by atoms with van der Waals surface area (Å²) >= 11 is 0. The lowest BCUT2D eigenvalue weighted by Crippen LogP contribution is -2.11. The lowest BCUT2D eigenvalue weighted by Gasteiger charge is -2.06. The molecule has 0 aliphatic carbocycles. The van der Waals surface area contributed by atoms with Crippen molar-refractivity contribution in [2.24, 2.45) is 0 Å². The Labute approximate surface area is 96.7 Å². The first-order valence-corrected chi connectivity index (χ1v) is 6.17. The van der Waals surface area contributed by atoms with Crippen molar-refractivity contribution >= 4 is 27.6 Å². The number of hydrogen-bond acceptors (Lipinski definition) is 4. The number of carboxylic acids is 2. The molecule has 1 aromatic carbocycles. The first kappa shape index (κ1) is 13.0. The number of anilines is 1. The topological polar surface area (TPSA) is 121 Å². The van der Waals surface area contributed by atoms with Gasteiger partial charge in [-0.15, -0.1) is 0 Å². The number of nitrogens with one attached hydrogen (secondary N) is 1. The summed E-state index contributed by atoms with van der Waals surface area (Å²) in [6.07, 6.45) is 0.876. The van der Waals surface area contributed by atoms with Crippen LogP contribution in [-0.4, -0.2) is 36.8 Å². The molecule has 7 nitrogen and oxygen atoms in total. The Balaban J connectivity index is 3.31. The van der Waals surface area contributed by atoms with Gasteiger partial charge in [-0.25, -0.2) is 18.0 Å². The first-order chi connectivity index (χ1) is 7.69. The molecule has 0 saturated heterocycles. The van der Waals surface area contributed by atoms with Crippen LogP contribution in [0, 0.1) is 0 Å². The molecule has 0 saturated carbocycles. The van der Waals surface area contributed by atoms with E-state index in [1.54, 1.807) is 0 Å². The largest absolute Gasteiger partial charge is 0.478 e. The minimum absolute atomic E-state index is 0.107. The minimum Gasteiger partial charge on any atom is -0.478 e. The van der Waals surface area contributed by atoms with E-state index >= 15 is 0 Å². The molecule has 0 aliphatic rings. The molecule has 0 heterocycles. The van der Waals surface area contributed by atoms with Crippen LogP contribution >= 0.6 is 0 Å². The van der Waals surface area contributed by atoms with E-state index in [2.05, 4.69) is 0 Å². The average molecular weight is 259 g/mol. The van der Waals surface area contributed by atoms with Crippen LogP contribution in [0.3, 0.4) is 0 Å². The van der Waals surface area contributed by atoms with Gasteiger partial charge in [-0.2, -0.15) is 0 Å². The molecule has 8 heteroatoms. The van der Waals surface area contributed by atoms with Crippen LogP contribution in [0.4, 0.5) is 5.69 Å². The Morgan fingerprint density at radius 3 is 1.76 bits per heavy atom. The molecule has 0 spiro atoms. The zero-order valence-electron chi connectivity index (χ0n) is 8.67. The standard InChI is InChI=1S/C9H9NO6S/c1-17(15,16)10-7-3-5(8(11)12)2-6(4-7)9(13)14/h2-4,10H,1H3,(H,11,12)(H,13,14). The van der Waals surface area contributed by atoms with Crippen LogP contribution in [0.2, 0.25) is 0 Å². The number of aromatic carboxylic acids is 2. The van der Waals surface area contributed by atoms with Crippen LogP contribution in [0.15, 0.2) is 18.2 Å². The second kappa shape index (κ2) is 4.42. The van der Waals surface area contributed by atoms with E-state index < -0.39 is 22.0 Å². The Morgan fingerprint density at radius 2 is 1.47 bits per heavy atom. The van der Waals surface area contributed by atoms with Gasteiger partial charge in [-0.3, -0.25) is 4.72 Å². The van der Waals surface area contributed by atoms with E-state index in [4.69, 9.17) is 10.2 Å². The molecule has 0 fully saturated rings. The van der Waals surface area contributed by atoms with Crippen LogP contribution in [0.1, 0.15) is 20.7 Å². The average Bonchev–Trinajstić information content (AvgIpc) is 2.14. The van der Waals surface area contributed by atoms with E-state index in [0.29, 0.717) is 0 Å². The van der Waals surface area contributed by atoms with Gasteiger partial charge in [-0.1, -0.05) is 0 Å². The van der Waals surface area contributed by atoms with Gasteiger partial charge < -0.3 is 10.2 Å². The molecular formula is C9H9NO6S. The molecule has 0 radical (unpaired) electrons. The van der Waals surface area contributed by atoms with E-state index in [9.17, 15) is 18.0 Å². The van der Waals surface area contributed by atoms with Gasteiger partial charge in [0.05, 0.1) is 23.1 Å². The summed E-state index contributed by atoms with van der Waals surface area (Å²) < 4.78 is 23.9. The summed E-state index contributed by atoms with van der Waals surface area (Å²) in [5, 5.41) is 17.5. The summed E-state index contributed by atoms with van der Waals surface area (Å²) in [4.78, 5) is 21.4. The molecule has 0 atom stereocenters. The lowest BCUT2D eigenvalue weighted by molar-refractivity contribution is 0.0696. The summed E-state index contributed by atoms with van der Waals surface area (Å²) in [5.41, 5.74) is -0.725. The smallest absolute Gasteiger partial charge is 0.335 e. The highest BCUT2D eigenvalue weighted by Crippen LogP contribution is 2.16. The van der Waals surface area contributed by atoms with Crippen LogP contribution in [-0.2, 0) is 10.0 Å². The van der Waals surface area contributed by atoms with Gasteiger partial charge in [0, 0.05) is 0 Å². The van der Waals surface area contributed by atoms with Crippen molar-refractivity contribution in [2.45, 2.75) is 0 Å². The molecule has 1 aromatic rings. The lowest BCUT2D eigenvalue weighted by atomic mass is 10.1. The maximum atomic E-state index is 11.0. The number of carbonyl (C=O) groups is 2. The molecule has 0 aliphatic heterocycles. The van der Waals surface area contributed by atoms with Crippen molar-refractivity contribution in [1.29, 1.82) is 0 Å². The van der Waals surface area contributed by atoms with Gasteiger partial charge in [0.2, 0.25) is 10.0 Å². The molecule has 1 rings (SSSR count). The quantitative estimate of drug-likeness (QED) is 0.722. The van der Waals surface area contributed by atoms with Crippen molar-refractivity contribution in [3.05, 3.63) is 29.3 Å². The fourth-order valence-electron chi connectivity index (χ4n) is 1.15. The molecule has 3 N–H and O–H groups in total. The Bertz CT molecular complexity index is 545. The van der Waals surface area contributed by atoms with Crippen LogP contribution in [0.25, 0.3) is 0 Å². The fraction of sp³-hybridized carbons (Fsp3) is 0.111. The first-order valence-electron chi connectivity index (χ1n) is 4.28. The Kier molecular flexibility index (Phi) is 3.37. The third-order valence-corrected chi connectivity index (χ3v) is 2.34. The molecule has 0 bridgehead atoms. The number of benzene rings is 1. The fourth-order valence-corrected chi connectivity index (χ4v) is 1.69. The van der Waals surface area contributed by atoms with Gasteiger partial charge in [-0.05, 0) is 18.2 Å². The van der Waals surface area contributed by atoms with Gasteiger partial charge >= 0.3 is 11.9 Å². The minimum atomic E-state index is -3.60. The van der Waals surface area contributed by atoms with Crippen molar-refractivity contribution in [2.75, 3.05) is 11.0 Å². The summed E-state index contributed by atoms with van der Waals surface area (Å²) in [7, 11) is -3.60. The predicted molar refractivity (Wildman–Crippen MR) is 58.8 cm³/mol.